The van der Waals surface area contributed by atoms with Crippen LogP contribution >= 0.6 is 0 Å². The number of rotatable bonds is 7. The molecule has 2 N–H and O–H groups in total. The lowest BCUT2D eigenvalue weighted by Crippen LogP contribution is -2.10. The molecule has 0 aliphatic carbocycles. The topological polar surface area (TPSA) is 72.5 Å². The van der Waals surface area contributed by atoms with Gasteiger partial charge in [0.05, 0.1) is 31.8 Å². The Bertz CT molecular complexity index is 657. The van der Waals surface area contributed by atoms with Crippen LogP contribution in [0.25, 0.3) is 0 Å². The fourth-order valence-electron chi connectivity index (χ4n) is 2.04. The molecule has 0 unspecified atom stereocenters. The van der Waals surface area contributed by atoms with Crippen molar-refractivity contribution in [2.24, 2.45) is 0 Å². The van der Waals surface area contributed by atoms with Gasteiger partial charge in [-0.25, -0.2) is 4.98 Å². The first-order valence-electron chi connectivity index (χ1n) is 7.41. The first kappa shape index (κ1) is 16.6. The number of aromatic nitrogens is 1. The molecule has 0 aliphatic rings. The van der Waals surface area contributed by atoms with Gasteiger partial charge >= 0.3 is 0 Å². The molecule has 0 saturated carbocycles. The minimum Gasteiger partial charge on any atom is -0.497 e. The SMILES string of the molecule is CCCC(=O)Nc1ccc(Nc2cc(OC)ccc2OC)nc1. The summed E-state index contributed by atoms with van der Waals surface area (Å²) in [6.07, 6.45) is 2.93. The third-order valence-electron chi connectivity index (χ3n) is 3.19. The molecule has 0 fully saturated rings. The van der Waals surface area contributed by atoms with Gasteiger partial charge < -0.3 is 20.1 Å². The monoisotopic (exact) mass is 315 g/mol. The Morgan fingerprint density at radius 3 is 2.61 bits per heavy atom. The van der Waals surface area contributed by atoms with Crippen LogP contribution in [-0.2, 0) is 4.79 Å². The maximum atomic E-state index is 11.6. The van der Waals surface area contributed by atoms with Gasteiger partial charge in [0.2, 0.25) is 5.91 Å². The maximum Gasteiger partial charge on any atom is 0.224 e. The molecule has 0 radical (unpaired) electrons. The molecule has 0 bridgehead atoms. The molecule has 2 aromatic rings. The largest absolute Gasteiger partial charge is 0.497 e. The number of carbonyl (C=O) groups is 1. The number of carbonyl (C=O) groups excluding carboxylic acids is 1. The van der Waals surface area contributed by atoms with Crippen molar-refractivity contribution >= 4 is 23.1 Å². The van der Waals surface area contributed by atoms with Gasteiger partial charge in [-0.3, -0.25) is 4.79 Å². The number of hydrogen-bond acceptors (Lipinski definition) is 5. The lowest BCUT2D eigenvalue weighted by atomic mass is 10.2. The van der Waals surface area contributed by atoms with E-state index in [2.05, 4.69) is 15.6 Å². The van der Waals surface area contributed by atoms with Crippen LogP contribution in [0.2, 0.25) is 0 Å². The summed E-state index contributed by atoms with van der Waals surface area (Å²) in [6, 6.07) is 9.07. The quantitative estimate of drug-likeness (QED) is 0.817. The van der Waals surface area contributed by atoms with Crippen molar-refractivity contribution < 1.29 is 14.3 Å². The van der Waals surface area contributed by atoms with Crippen molar-refractivity contribution in [3.8, 4) is 11.5 Å². The molecule has 0 spiro atoms. The van der Waals surface area contributed by atoms with Gasteiger partial charge in [-0.2, -0.15) is 0 Å². The highest BCUT2D eigenvalue weighted by atomic mass is 16.5. The molecule has 1 amide bonds. The summed E-state index contributed by atoms with van der Waals surface area (Å²) in [5.41, 5.74) is 1.42. The number of hydrogen-bond donors (Lipinski definition) is 2. The molecule has 23 heavy (non-hydrogen) atoms. The van der Waals surface area contributed by atoms with Gasteiger partial charge in [-0.15, -0.1) is 0 Å². The maximum absolute atomic E-state index is 11.6. The summed E-state index contributed by atoms with van der Waals surface area (Å²) in [7, 11) is 3.21. The highest BCUT2D eigenvalue weighted by molar-refractivity contribution is 5.90. The molecule has 0 atom stereocenters. The number of nitrogens with one attached hydrogen (secondary N) is 2. The number of pyridine rings is 1. The van der Waals surface area contributed by atoms with E-state index in [0.717, 1.165) is 17.9 Å². The van der Waals surface area contributed by atoms with E-state index in [9.17, 15) is 4.79 Å². The molecule has 2 rings (SSSR count). The summed E-state index contributed by atoms with van der Waals surface area (Å²) >= 11 is 0. The summed E-state index contributed by atoms with van der Waals surface area (Å²) < 4.78 is 10.5. The molecule has 122 valence electrons. The minimum absolute atomic E-state index is 0.00975. The van der Waals surface area contributed by atoms with Crippen molar-refractivity contribution in [1.29, 1.82) is 0 Å². The molecule has 1 heterocycles. The van der Waals surface area contributed by atoms with Crippen LogP contribution in [0.5, 0.6) is 11.5 Å². The van der Waals surface area contributed by atoms with Crippen molar-refractivity contribution in [1.82, 2.24) is 4.98 Å². The molecule has 6 nitrogen and oxygen atoms in total. The van der Waals surface area contributed by atoms with E-state index in [1.807, 2.05) is 25.1 Å². The van der Waals surface area contributed by atoms with Gasteiger partial charge in [-0.1, -0.05) is 6.92 Å². The molecule has 6 heteroatoms. The second-order valence-corrected chi connectivity index (χ2v) is 4.92. The highest BCUT2D eigenvalue weighted by Crippen LogP contribution is 2.31. The Labute approximate surface area is 135 Å². The van der Waals surface area contributed by atoms with Gasteiger partial charge in [0.15, 0.2) is 0 Å². The number of nitrogens with zero attached hydrogens (tertiary/aromatic N) is 1. The lowest BCUT2D eigenvalue weighted by molar-refractivity contribution is -0.116. The summed E-state index contributed by atoms with van der Waals surface area (Å²) in [5.74, 6) is 2.04. The highest BCUT2D eigenvalue weighted by Gasteiger charge is 2.07. The fraction of sp³-hybridized carbons (Fsp3) is 0.294. The predicted octanol–water partition coefficient (Wildman–Crippen LogP) is 3.58. The number of anilines is 3. The van der Waals surface area contributed by atoms with E-state index in [-0.39, 0.29) is 5.91 Å². The van der Waals surface area contributed by atoms with Crippen molar-refractivity contribution in [2.75, 3.05) is 24.9 Å². The smallest absolute Gasteiger partial charge is 0.224 e. The van der Waals surface area contributed by atoms with Gasteiger partial charge in [-0.05, 0) is 30.7 Å². The number of benzene rings is 1. The number of ether oxygens (including phenoxy) is 2. The second-order valence-electron chi connectivity index (χ2n) is 4.92. The zero-order chi connectivity index (χ0) is 16.7. The molecular weight excluding hydrogens is 294 g/mol. The van der Waals surface area contributed by atoms with Crippen LogP contribution in [0.3, 0.4) is 0 Å². The van der Waals surface area contributed by atoms with Crippen molar-refractivity contribution in [3.63, 3.8) is 0 Å². The Balaban J connectivity index is 2.10. The third kappa shape index (κ3) is 4.60. The van der Waals surface area contributed by atoms with Gasteiger partial charge in [0, 0.05) is 12.5 Å². The van der Waals surface area contributed by atoms with Gasteiger partial charge in [0.25, 0.3) is 0 Å². The van der Waals surface area contributed by atoms with Crippen LogP contribution in [-0.4, -0.2) is 25.1 Å². The van der Waals surface area contributed by atoms with Crippen molar-refractivity contribution in [2.45, 2.75) is 19.8 Å². The first-order chi connectivity index (χ1) is 11.2. The van der Waals surface area contributed by atoms with Gasteiger partial charge in [0.1, 0.15) is 17.3 Å². The normalized spacial score (nSPS) is 10.0. The Morgan fingerprint density at radius 2 is 2.00 bits per heavy atom. The van der Waals surface area contributed by atoms with Crippen molar-refractivity contribution in [3.05, 3.63) is 36.5 Å². The molecular formula is C17H21N3O3. The molecule has 0 aliphatic heterocycles. The second kappa shape index (κ2) is 8.03. The number of methoxy groups -OCH3 is 2. The Kier molecular flexibility index (Phi) is 5.80. The average molecular weight is 315 g/mol. The van der Waals surface area contributed by atoms with Crippen LogP contribution in [0.4, 0.5) is 17.2 Å². The van der Waals surface area contributed by atoms with Crippen LogP contribution < -0.4 is 20.1 Å². The van der Waals surface area contributed by atoms with E-state index < -0.39 is 0 Å². The fourth-order valence-corrected chi connectivity index (χ4v) is 2.04. The Hall–Kier alpha value is -2.76. The number of amides is 1. The Morgan fingerprint density at radius 1 is 1.17 bits per heavy atom. The first-order valence-corrected chi connectivity index (χ1v) is 7.41. The summed E-state index contributed by atoms with van der Waals surface area (Å²) in [5, 5.41) is 5.98. The van der Waals surface area contributed by atoms with E-state index in [1.54, 1.807) is 32.5 Å². The standard InChI is InChI=1S/C17H21N3O3/c1-4-5-17(21)19-12-6-9-16(18-11-12)20-14-10-13(22-2)7-8-15(14)23-3/h6-11H,4-5H2,1-3H3,(H,18,20)(H,19,21). The van der Waals surface area contributed by atoms with E-state index >= 15 is 0 Å². The summed E-state index contributed by atoms with van der Waals surface area (Å²) in [4.78, 5) is 15.9. The van der Waals surface area contributed by atoms with Crippen LogP contribution in [0.15, 0.2) is 36.5 Å². The molecule has 1 aromatic carbocycles. The predicted molar refractivity (Wildman–Crippen MR) is 90.6 cm³/mol. The van der Waals surface area contributed by atoms with E-state index in [4.69, 9.17) is 9.47 Å². The summed E-state index contributed by atoms with van der Waals surface area (Å²) in [6.45, 7) is 1.96. The van der Waals surface area contributed by atoms with Crippen LogP contribution in [0, 0.1) is 0 Å². The molecule has 1 aromatic heterocycles. The zero-order valence-corrected chi connectivity index (χ0v) is 13.6. The molecule has 0 saturated heterocycles. The van der Waals surface area contributed by atoms with Crippen LogP contribution in [0.1, 0.15) is 19.8 Å². The van der Waals surface area contributed by atoms with E-state index in [0.29, 0.717) is 23.7 Å². The zero-order valence-electron chi connectivity index (χ0n) is 13.6. The van der Waals surface area contributed by atoms with E-state index in [1.165, 1.54) is 0 Å². The lowest BCUT2D eigenvalue weighted by Gasteiger charge is -2.12. The average Bonchev–Trinajstić information content (AvgIpc) is 2.56. The minimum atomic E-state index is -0.00975. The third-order valence-corrected chi connectivity index (χ3v) is 3.19.